The molecule has 8 heteroatoms. The second kappa shape index (κ2) is 10.3. The molecule has 2 N–H and O–H groups in total. The van der Waals surface area contributed by atoms with Crippen LogP contribution in [0, 0.1) is 5.92 Å². The van der Waals surface area contributed by atoms with Crippen LogP contribution in [0.2, 0.25) is 0 Å². The molecule has 0 bridgehead atoms. The highest BCUT2D eigenvalue weighted by atomic mass is 16.5. The quantitative estimate of drug-likeness (QED) is 0.589. The summed E-state index contributed by atoms with van der Waals surface area (Å²) in [6.07, 6.45) is 14.4. The highest BCUT2D eigenvalue weighted by Crippen LogP contribution is 2.32. The minimum absolute atomic E-state index is 0.147. The zero-order valence-electron chi connectivity index (χ0n) is 20.0. The Labute approximate surface area is 196 Å². The van der Waals surface area contributed by atoms with E-state index in [0.29, 0.717) is 37.0 Å². The fraction of sp³-hybridized carbons (Fsp3) is 0.720. The summed E-state index contributed by atoms with van der Waals surface area (Å²) in [5.41, 5.74) is -0.902. The molecule has 2 saturated carbocycles. The van der Waals surface area contributed by atoms with Gasteiger partial charge >= 0.3 is 0 Å². The maximum Gasteiger partial charge on any atom is 0.251 e. The number of hydrogen-bond donors (Lipinski definition) is 2. The van der Waals surface area contributed by atoms with Gasteiger partial charge in [0.05, 0.1) is 24.8 Å². The maximum absolute atomic E-state index is 13.4. The van der Waals surface area contributed by atoms with Crippen LogP contribution in [-0.2, 0) is 20.9 Å². The first kappa shape index (κ1) is 23.8. The van der Waals surface area contributed by atoms with Gasteiger partial charge in [-0.3, -0.25) is 14.3 Å². The molecule has 8 nitrogen and oxygen atoms in total. The van der Waals surface area contributed by atoms with Gasteiger partial charge in [-0.2, -0.15) is 5.10 Å². The maximum atomic E-state index is 13.4. The Morgan fingerprint density at radius 3 is 2.61 bits per heavy atom. The van der Waals surface area contributed by atoms with Gasteiger partial charge in [-0.1, -0.05) is 32.1 Å². The summed E-state index contributed by atoms with van der Waals surface area (Å²) in [4.78, 5) is 27.9. The molecule has 2 heterocycles. The molecule has 2 aliphatic carbocycles. The minimum Gasteiger partial charge on any atom is -0.493 e. The molecule has 1 aromatic heterocycles. The first-order valence-corrected chi connectivity index (χ1v) is 12.5. The molecule has 1 unspecified atom stereocenters. The predicted octanol–water partition coefficient (Wildman–Crippen LogP) is 3.62. The third-order valence-corrected chi connectivity index (χ3v) is 6.92. The number of aliphatic hydroxyl groups is 1. The van der Waals surface area contributed by atoms with E-state index in [1.54, 1.807) is 41.8 Å². The molecule has 3 aliphatic rings. The molecule has 1 aliphatic heterocycles. The van der Waals surface area contributed by atoms with E-state index >= 15 is 0 Å². The van der Waals surface area contributed by atoms with E-state index < -0.39 is 11.6 Å². The highest BCUT2D eigenvalue weighted by molar-refractivity contribution is 5.99. The van der Waals surface area contributed by atoms with Gasteiger partial charge in [0, 0.05) is 18.3 Å². The van der Waals surface area contributed by atoms with Gasteiger partial charge in [0.2, 0.25) is 5.91 Å². The van der Waals surface area contributed by atoms with E-state index in [-0.39, 0.29) is 17.9 Å². The predicted molar refractivity (Wildman–Crippen MR) is 125 cm³/mol. The van der Waals surface area contributed by atoms with Crippen molar-refractivity contribution in [3.63, 3.8) is 0 Å². The third-order valence-electron chi connectivity index (χ3n) is 6.92. The Balaban J connectivity index is 1.42. The number of rotatable bonds is 9. The standard InChI is InChI=1S/C25H38N4O4/c1-25(2,32)17-28-13-12-22(27-28)26-24(31)21(14-18-8-6-7-9-18)29-16-20(15-23(29)30)33-19-10-4-3-5-11-19/h12-13,15,18-19,21,32H,3-11,14,16-17H2,1-2H3,(H,26,27,31). The smallest absolute Gasteiger partial charge is 0.251 e. The lowest BCUT2D eigenvalue weighted by atomic mass is 9.96. The lowest BCUT2D eigenvalue weighted by Gasteiger charge is -2.30. The van der Waals surface area contributed by atoms with Crippen LogP contribution in [0.25, 0.3) is 0 Å². The van der Waals surface area contributed by atoms with Crippen molar-refractivity contribution in [2.45, 2.75) is 102 Å². The Kier molecular flexibility index (Phi) is 7.41. The Bertz CT molecular complexity index is 860. The minimum atomic E-state index is -0.902. The zero-order chi connectivity index (χ0) is 23.4. The molecule has 2 amide bonds. The van der Waals surface area contributed by atoms with Gasteiger partial charge < -0.3 is 20.1 Å². The van der Waals surface area contributed by atoms with Crippen LogP contribution in [0.5, 0.6) is 0 Å². The van der Waals surface area contributed by atoms with Crippen LogP contribution in [0.4, 0.5) is 5.82 Å². The highest BCUT2D eigenvalue weighted by Gasteiger charge is 2.37. The first-order valence-electron chi connectivity index (χ1n) is 12.5. The Morgan fingerprint density at radius 2 is 1.91 bits per heavy atom. The van der Waals surface area contributed by atoms with Gasteiger partial charge in [-0.25, -0.2) is 0 Å². The van der Waals surface area contributed by atoms with Crippen LogP contribution in [0.1, 0.15) is 78.1 Å². The van der Waals surface area contributed by atoms with Crippen LogP contribution in [0.3, 0.4) is 0 Å². The summed E-state index contributed by atoms with van der Waals surface area (Å²) in [6.45, 7) is 4.10. The molecule has 1 aromatic rings. The molecular formula is C25H38N4O4. The van der Waals surface area contributed by atoms with Crippen LogP contribution >= 0.6 is 0 Å². The van der Waals surface area contributed by atoms with Gasteiger partial charge in [-0.15, -0.1) is 0 Å². The average Bonchev–Trinajstić information content (AvgIpc) is 3.48. The average molecular weight is 459 g/mol. The first-order chi connectivity index (χ1) is 15.8. The SMILES string of the molecule is CC(C)(O)Cn1ccc(NC(=O)C(CC2CCCC2)N2CC(OC3CCCCC3)=CC2=O)n1. The monoisotopic (exact) mass is 458 g/mol. The zero-order valence-corrected chi connectivity index (χ0v) is 20.0. The van der Waals surface area contributed by atoms with Crippen molar-refractivity contribution in [2.75, 3.05) is 11.9 Å². The van der Waals surface area contributed by atoms with Crippen molar-refractivity contribution < 1.29 is 19.4 Å². The fourth-order valence-electron chi connectivity index (χ4n) is 5.30. The van der Waals surface area contributed by atoms with Gasteiger partial charge in [0.25, 0.3) is 5.91 Å². The summed E-state index contributed by atoms with van der Waals surface area (Å²) in [5.74, 6) is 1.21. The molecule has 2 fully saturated rings. The van der Waals surface area contributed by atoms with Crippen molar-refractivity contribution in [1.29, 1.82) is 0 Å². The number of carbonyl (C=O) groups excluding carboxylic acids is 2. The van der Waals surface area contributed by atoms with Gasteiger partial charge in [-0.05, 0) is 51.9 Å². The lowest BCUT2D eigenvalue weighted by molar-refractivity contribution is -0.134. The third kappa shape index (κ3) is 6.59. The van der Waals surface area contributed by atoms with E-state index in [1.807, 2.05) is 0 Å². The molecule has 0 spiro atoms. The van der Waals surface area contributed by atoms with Gasteiger partial charge in [0.1, 0.15) is 11.8 Å². The van der Waals surface area contributed by atoms with Crippen LogP contribution in [0.15, 0.2) is 24.1 Å². The largest absolute Gasteiger partial charge is 0.493 e. The number of hydrogen-bond acceptors (Lipinski definition) is 5. The molecular weight excluding hydrogens is 420 g/mol. The van der Waals surface area contributed by atoms with Crippen molar-refractivity contribution in [3.8, 4) is 0 Å². The van der Waals surface area contributed by atoms with Crippen LogP contribution < -0.4 is 5.32 Å². The fourth-order valence-corrected chi connectivity index (χ4v) is 5.30. The Morgan fingerprint density at radius 1 is 1.21 bits per heavy atom. The number of carbonyl (C=O) groups is 2. The molecule has 1 atom stereocenters. The number of ether oxygens (including phenoxy) is 1. The normalized spacial score (nSPS) is 21.4. The topological polar surface area (TPSA) is 96.7 Å². The number of amides is 2. The molecule has 33 heavy (non-hydrogen) atoms. The second-order valence-electron chi connectivity index (χ2n) is 10.6. The van der Waals surface area contributed by atoms with Crippen LogP contribution in [-0.4, -0.2) is 55.9 Å². The molecule has 0 aromatic carbocycles. The van der Waals surface area contributed by atoms with E-state index in [2.05, 4.69) is 10.4 Å². The number of aromatic nitrogens is 2. The summed E-state index contributed by atoms with van der Waals surface area (Å²) >= 11 is 0. The molecule has 0 saturated heterocycles. The van der Waals surface area contributed by atoms with E-state index in [9.17, 15) is 14.7 Å². The molecule has 182 valence electrons. The summed E-state index contributed by atoms with van der Waals surface area (Å²) in [7, 11) is 0. The Hall–Kier alpha value is -2.35. The van der Waals surface area contributed by atoms with Crippen molar-refractivity contribution in [1.82, 2.24) is 14.7 Å². The van der Waals surface area contributed by atoms with E-state index in [1.165, 1.54) is 32.1 Å². The number of nitrogens with zero attached hydrogens (tertiary/aromatic N) is 3. The molecule has 4 rings (SSSR count). The van der Waals surface area contributed by atoms with E-state index in [4.69, 9.17) is 4.74 Å². The summed E-state index contributed by atoms with van der Waals surface area (Å²) < 4.78 is 7.76. The summed E-state index contributed by atoms with van der Waals surface area (Å²) in [6, 6.07) is 1.17. The van der Waals surface area contributed by atoms with Crippen molar-refractivity contribution in [3.05, 3.63) is 24.1 Å². The second-order valence-corrected chi connectivity index (χ2v) is 10.6. The van der Waals surface area contributed by atoms with Gasteiger partial charge in [0.15, 0.2) is 5.82 Å². The van der Waals surface area contributed by atoms with E-state index in [0.717, 1.165) is 25.7 Å². The lowest BCUT2D eigenvalue weighted by Crippen LogP contribution is -2.46. The number of nitrogens with one attached hydrogen (secondary N) is 1. The molecule has 0 radical (unpaired) electrons. The van der Waals surface area contributed by atoms with Crippen molar-refractivity contribution in [2.24, 2.45) is 5.92 Å². The summed E-state index contributed by atoms with van der Waals surface area (Å²) in [5, 5.41) is 17.3. The van der Waals surface area contributed by atoms with Crippen molar-refractivity contribution >= 4 is 17.6 Å². The number of anilines is 1.